The molecule has 1 aliphatic rings. The van der Waals surface area contributed by atoms with Crippen LogP contribution in [0.5, 0.6) is 0 Å². The summed E-state index contributed by atoms with van der Waals surface area (Å²) in [6.07, 6.45) is 3.28. The molecule has 0 amide bonds. The van der Waals surface area contributed by atoms with Crippen molar-refractivity contribution in [1.82, 2.24) is 4.90 Å². The maximum absolute atomic E-state index is 11.5. The van der Waals surface area contributed by atoms with Crippen molar-refractivity contribution in [2.45, 2.75) is 25.8 Å². The van der Waals surface area contributed by atoms with Crippen molar-refractivity contribution in [3.05, 3.63) is 33.8 Å². The molecule has 0 saturated carbocycles. The fourth-order valence-electron chi connectivity index (χ4n) is 2.87. The zero-order valence-corrected chi connectivity index (χ0v) is 13.9. The van der Waals surface area contributed by atoms with Crippen molar-refractivity contribution in [1.29, 1.82) is 0 Å². The predicted molar refractivity (Wildman–Crippen MR) is 85.2 cm³/mol. The summed E-state index contributed by atoms with van der Waals surface area (Å²) in [6, 6.07) is 5.60. The summed E-state index contributed by atoms with van der Waals surface area (Å²) in [5.74, 6) is 0.278. The number of hydrogen-bond acceptors (Lipinski definition) is 4. The van der Waals surface area contributed by atoms with Crippen LogP contribution >= 0.6 is 15.9 Å². The Morgan fingerprint density at radius 1 is 1.52 bits per heavy atom. The van der Waals surface area contributed by atoms with Crippen LogP contribution in [0.25, 0.3) is 0 Å². The molecule has 2 rings (SSSR count). The summed E-state index contributed by atoms with van der Waals surface area (Å²) in [4.78, 5) is 13.9. The average molecular weight is 356 g/mol. The number of carbonyl (C=O) groups excluding carboxylic acids is 1. The summed E-state index contributed by atoms with van der Waals surface area (Å²) in [5, 5.41) is 9.07. The first kappa shape index (κ1) is 16.5. The SMILES string of the molecule is COC(=O)c1ccc(CN2CCCC(CCO)C2)c(Br)c1. The molecular weight excluding hydrogens is 334 g/mol. The monoisotopic (exact) mass is 355 g/mol. The van der Waals surface area contributed by atoms with Gasteiger partial charge >= 0.3 is 5.97 Å². The van der Waals surface area contributed by atoms with Gasteiger partial charge in [-0.1, -0.05) is 22.0 Å². The average Bonchev–Trinajstić information content (AvgIpc) is 2.49. The van der Waals surface area contributed by atoms with Crippen molar-refractivity contribution < 1.29 is 14.6 Å². The van der Waals surface area contributed by atoms with E-state index in [1.807, 2.05) is 12.1 Å². The fraction of sp³-hybridized carbons (Fsp3) is 0.562. The molecule has 1 atom stereocenters. The second kappa shape index (κ2) is 7.92. The zero-order valence-electron chi connectivity index (χ0n) is 12.3. The van der Waals surface area contributed by atoms with E-state index in [4.69, 9.17) is 9.84 Å². The van der Waals surface area contributed by atoms with Crippen LogP contribution in [0.1, 0.15) is 35.2 Å². The molecule has 0 aliphatic carbocycles. The smallest absolute Gasteiger partial charge is 0.337 e. The molecule has 21 heavy (non-hydrogen) atoms. The van der Waals surface area contributed by atoms with E-state index in [1.165, 1.54) is 25.5 Å². The molecular formula is C16H22BrNO3. The van der Waals surface area contributed by atoms with Gasteiger partial charge in [0, 0.05) is 24.2 Å². The van der Waals surface area contributed by atoms with E-state index in [1.54, 1.807) is 6.07 Å². The maximum atomic E-state index is 11.5. The van der Waals surface area contributed by atoms with Gasteiger partial charge in [0.15, 0.2) is 0 Å². The van der Waals surface area contributed by atoms with Crippen molar-refractivity contribution >= 4 is 21.9 Å². The van der Waals surface area contributed by atoms with Crippen molar-refractivity contribution in [3.8, 4) is 0 Å². The van der Waals surface area contributed by atoms with Crippen LogP contribution in [0, 0.1) is 5.92 Å². The Morgan fingerprint density at radius 2 is 2.33 bits per heavy atom. The molecule has 1 aliphatic heterocycles. The van der Waals surface area contributed by atoms with Gasteiger partial charge in [0.25, 0.3) is 0 Å². The topological polar surface area (TPSA) is 49.8 Å². The molecule has 4 nitrogen and oxygen atoms in total. The summed E-state index contributed by atoms with van der Waals surface area (Å²) < 4.78 is 5.67. The number of carbonyl (C=O) groups is 1. The quantitative estimate of drug-likeness (QED) is 0.825. The third-order valence-electron chi connectivity index (χ3n) is 4.01. The molecule has 0 aromatic heterocycles. The summed E-state index contributed by atoms with van der Waals surface area (Å²) in [6.45, 7) is 3.26. The predicted octanol–water partition coefficient (Wildman–Crippen LogP) is 2.83. The van der Waals surface area contributed by atoms with Crippen LogP contribution in [-0.4, -0.2) is 42.8 Å². The summed E-state index contributed by atoms with van der Waals surface area (Å²) >= 11 is 3.54. The lowest BCUT2D eigenvalue weighted by molar-refractivity contribution is 0.0600. The molecule has 0 bridgehead atoms. The third kappa shape index (κ3) is 4.53. The number of aliphatic hydroxyl groups excluding tert-OH is 1. The van der Waals surface area contributed by atoms with Gasteiger partial charge in [-0.05, 0) is 49.4 Å². The first-order chi connectivity index (χ1) is 10.1. The standard InChI is InChI=1S/C16H22BrNO3/c1-21-16(20)13-4-5-14(15(17)9-13)11-18-7-2-3-12(10-18)6-8-19/h4-5,9,12,19H,2-3,6-8,10-11H2,1H3. The van der Waals surface area contributed by atoms with E-state index in [2.05, 4.69) is 20.8 Å². The fourth-order valence-corrected chi connectivity index (χ4v) is 3.38. The van der Waals surface area contributed by atoms with Crippen LogP contribution in [0.3, 0.4) is 0 Å². The number of rotatable bonds is 5. The molecule has 0 spiro atoms. The minimum Gasteiger partial charge on any atom is -0.465 e. The van der Waals surface area contributed by atoms with Crippen molar-refractivity contribution in [2.75, 3.05) is 26.8 Å². The largest absolute Gasteiger partial charge is 0.465 e. The number of hydrogen-bond donors (Lipinski definition) is 1. The molecule has 1 unspecified atom stereocenters. The van der Waals surface area contributed by atoms with Gasteiger partial charge in [-0.25, -0.2) is 4.79 Å². The first-order valence-corrected chi connectivity index (χ1v) is 8.13. The van der Waals surface area contributed by atoms with E-state index < -0.39 is 0 Å². The van der Waals surface area contributed by atoms with Gasteiger partial charge in [-0.2, -0.15) is 0 Å². The molecule has 5 heteroatoms. The normalized spacial score (nSPS) is 19.5. The van der Waals surface area contributed by atoms with E-state index in [9.17, 15) is 4.79 Å². The van der Waals surface area contributed by atoms with E-state index in [0.717, 1.165) is 30.5 Å². The van der Waals surface area contributed by atoms with E-state index in [-0.39, 0.29) is 12.6 Å². The van der Waals surface area contributed by atoms with Gasteiger partial charge in [-0.15, -0.1) is 0 Å². The molecule has 1 fully saturated rings. The second-order valence-electron chi connectivity index (χ2n) is 5.55. The molecule has 1 heterocycles. The molecule has 116 valence electrons. The van der Waals surface area contributed by atoms with Crippen LogP contribution in [0.4, 0.5) is 0 Å². The Hall–Kier alpha value is -0.910. The van der Waals surface area contributed by atoms with Crippen LogP contribution in [0.15, 0.2) is 22.7 Å². The Morgan fingerprint density at radius 3 is 3.00 bits per heavy atom. The van der Waals surface area contributed by atoms with Crippen LogP contribution < -0.4 is 0 Å². The molecule has 1 aromatic carbocycles. The Kier molecular flexibility index (Phi) is 6.21. The number of piperidine rings is 1. The highest BCUT2D eigenvalue weighted by Crippen LogP contribution is 2.25. The second-order valence-corrected chi connectivity index (χ2v) is 6.41. The highest BCUT2D eigenvalue weighted by molar-refractivity contribution is 9.10. The summed E-state index contributed by atoms with van der Waals surface area (Å²) in [7, 11) is 1.39. The Balaban J connectivity index is 2.00. The zero-order chi connectivity index (χ0) is 15.2. The Bertz CT molecular complexity index is 490. The molecule has 1 N–H and O–H groups in total. The van der Waals surface area contributed by atoms with Gasteiger partial charge in [0.1, 0.15) is 0 Å². The first-order valence-electron chi connectivity index (χ1n) is 7.34. The van der Waals surface area contributed by atoms with Gasteiger partial charge < -0.3 is 9.84 Å². The highest BCUT2D eigenvalue weighted by atomic mass is 79.9. The summed E-state index contributed by atoms with van der Waals surface area (Å²) in [5.41, 5.74) is 1.73. The van der Waals surface area contributed by atoms with Gasteiger partial charge in [-0.3, -0.25) is 4.90 Å². The third-order valence-corrected chi connectivity index (χ3v) is 4.75. The number of methoxy groups -OCH3 is 1. The highest BCUT2D eigenvalue weighted by Gasteiger charge is 2.20. The molecule has 1 saturated heterocycles. The number of aliphatic hydroxyl groups is 1. The minimum atomic E-state index is -0.316. The molecule has 0 radical (unpaired) electrons. The van der Waals surface area contributed by atoms with Crippen LogP contribution in [-0.2, 0) is 11.3 Å². The van der Waals surface area contributed by atoms with Crippen molar-refractivity contribution in [3.63, 3.8) is 0 Å². The number of nitrogens with zero attached hydrogens (tertiary/aromatic N) is 1. The van der Waals surface area contributed by atoms with E-state index in [0.29, 0.717) is 11.5 Å². The number of ether oxygens (including phenoxy) is 1. The van der Waals surface area contributed by atoms with Gasteiger partial charge in [0.05, 0.1) is 12.7 Å². The van der Waals surface area contributed by atoms with E-state index >= 15 is 0 Å². The van der Waals surface area contributed by atoms with Gasteiger partial charge in [0.2, 0.25) is 0 Å². The lowest BCUT2D eigenvalue weighted by atomic mass is 9.95. The van der Waals surface area contributed by atoms with Crippen molar-refractivity contribution in [2.24, 2.45) is 5.92 Å². The number of likely N-dealkylation sites (tertiary alicyclic amines) is 1. The molecule has 1 aromatic rings. The number of esters is 1. The van der Waals surface area contributed by atoms with Crippen LogP contribution in [0.2, 0.25) is 0 Å². The minimum absolute atomic E-state index is 0.274. The number of benzene rings is 1. The lowest BCUT2D eigenvalue weighted by Crippen LogP contribution is -2.35. The number of halogens is 1. The lowest BCUT2D eigenvalue weighted by Gasteiger charge is -2.32. The maximum Gasteiger partial charge on any atom is 0.337 e. The Labute approximate surface area is 134 Å².